The Labute approximate surface area is 121 Å². The van der Waals surface area contributed by atoms with E-state index >= 15 is 0 Å². The van der Waals surface area contributed by atoms with Gasteiger partial charge in [0.2, 0.25) is 0 Å². The van der Waals surface area contributed by atoms with Crippen LogP contribution < -0.4 is 0 Å². The van der Waals surface area contributed by atoms with Crippen molar-refractivity contribution in [1.29, 1.82) is 0 Å². The van der Waals surface area contributed by atoms with E-state index in [0.717, 1.165) is 6.42 Å². The minimum atomic E-state index is -0.660. The lowest BCUT2D eigenvalue weighted by Crippen LogP contribution is -2.50. The van der Waals surface area contributed by atoms with Crippen molar-refractivity contribution in [1.82, 2.24) is 0 Å². The quantitative estimate of drug-likeness (QED) is 0.584. The van der Waals surface area contributed by atoms with Crippen molar-refractivity contribution in [2.24, 2.45) is 5.92 Å². The maximum atomic E-state index is 12.2. The predicted octanol–water partition coefficient (Wildman–Crippen LogP) is 2.04. The Balaban J connectivity index is 1.87. The van der Waals surface area contributed by atoms with Crippen LogP contribution in [0, 0.1) is 5.92 Å². The Morgan fingerprint density at radius 2 is 2.35 bits per heavy atom. The van der Waals surface area contributed by atoms with E-state index < -0.39 is 17.3 Å². The van der Waals surface area contributed by atoms with E-state index in [1.54, 1.807) is 6.08 Å². The van der Waals surface area contributed by atoms with Gasteiger partial charge in [0.15, 0.2) is 5.78 Å². The molecule has 2 heterocycles. The fourth-order valence-electron chi connectivity index (χ4n) is 3.32. The first-order valence-corrected chi connectivity index (χ1v) is 7.05. The van der Waals surface area contributed by atoms with Crippen molar-refractivity contribution >= 4 is 5.78 Å². The molecular formula is C16H22O4. The molecule has 0 N–H and O–H groups in total. The highest BCUT2D eigenvalue weighted by Gasteiger charge is 2.70. The average Bonchev–Trinajstić information content (AvgIpc) is 3.31. The molecule has 0 aromatic carbocycles. The van der Waals surface area contributed by atoms with Crippen LogP contribution in [-0.4, -0.2) is 42.9 Å². The van der Waals surface area contributed by atoms with Gasteiger partial charge in [-0.05, 0) is 39.3 Å². The van der Waals surface area contributed by atoms with E-state index in [1.165, 1.54) is 12.7 Å². The van der Waals surface area contributed by atoms with Crippen LogP contribution in [0.4, 0.5) is 0 Å². The zero-order valence-corrected chi connectivity index (χ0v) is 12.4. The fraction of sp³-hybridized carbons (Fsp3) is 0.688. The summed E-state index contributed by atoms with van der Waals surface area (Å²) < 4.78 is 24.8. The molecule has 5 atom stereocenters. The number of methoxy groups -OCH3 is 1. The summed E-state index contributed by atoms with van der Waals surface area (Å²) >= 11 is 0. The van der Waals surface area contributed by atoms with Crippen LogP contribution in [0.3, 0.4) is 0 Å². The molecule has 1 aliphatic carbocycles. The number of hydrogen-bond acceptors (Lipinski definition) is 4. The summed E-state index contributed by atoms with van der Waals surface area (Å²) in [5.41, 5.74) is 0.262. The van der Waals surface area contributed by atoms with Gasteiger partial charge >= 0.3 is 0 Å². The molecule has 3 aliphatic rings. The van der Waals surface area contributed by atoms with Gasteiger partial charge in [0.1, 0.15) is 17.3 Å². The smallest absolute Gasteiger partial charge is 0.184 e. The first-order chi connectivity index (χ1) is 9.84. The first kappa shape index (κ1) is 12.7. The summed E-state index contributed by atoms with van der Waals surface area (Å²) in [5.74, 6) is -0.464. The summed E-state index contributed by atoms with van der Waals surface area (Å²) in [4.78, 5) is 12.2. The molecule has 2 aliphatic heterocycles. The second-order valence-corrected chi connectivity index (χ2v) is 6.34. The number of ketones is 1. The lowest BCUT2D eigenvalue weighted by atomic mass is 9.72. The summed E-state index contributed by atoms with van der Waals surface area (Å²) in [5, 5.41) is 0. The molecule has 0 radical (unpaired) electrons. The average molecular weight is 279 g/mol. The highest BCUT2D eigenvalue weighted by Crippen LogP contribution is 2.57. The lowest BCUT2D eigenvalue weighted by molar-refractivity contribution is -0.132. The zero-order chi connectivity index (χ0) is 15.4. The fourth-order valence-corrected chi connectivity index (χ4v) is 3.32. The number of carbonyl (C=O) groups excluding carboxylic acids is 1. The lowest BCUT2D eigenvalue weighted by Gasteiger charge is -2.34. The number of allylic oxidation sites excluding steroid dienone is 1. The molecule has 4 heteroatoms. The normalized spacial score (nSPS) is 46.8. The molecule has 1 unspecified atom stereocenters. The number of epoxide rings is 2. The van der Waals surface area contributed by atoms with E-state index in [0.29, 0.717) is 6.61 Å². The van der Waals surface area contributed by atoms with Gasteiger partial charge in [0.25, 0.3) is 0 Å². The summed E-state index contributed by atoms with van der Waals surface area (Å²) in [6, 6.07) is -0.0132. The van der Waals surface area contributed by atoms with Crippen LogP contribution in [0.15, 0.2) is 23.8 Å². The van der Waals surface area contributed by atoms with E-state index in [4.69, 9.17) is 15.6 Å². The van der Waals surface area contributed by atoms with Crippen molar-refractivity contribution in [3.63, 3.8) is 0 Å². The van der Waals surface area contributed by atoms with Crippen LogP contribution in [-0.2, 0) is 19.0 Å². The van der Waals surface area contributed by atoms with Gasteiger partial charge in [-0.3, -0.25) is 4.79 Å². The van der Waals surface area contributed by atoms with Gasteiger partial charge in [-0.25, -0.2) is 0 Å². The Bertz CT molecular complexity index is 530. The van der Waals surface area contributed by atoms with E-state index in [2.05, 4.69) is 19.9 Å². The van der Waals surface area contributed by atoms with Crippen molar-refractivity contribution in [2.75, 3.05) is 13.7 Å². The highest BCUT2D eigenvalue weighted by atomic mass is 16.6. The van der Waals surface area contributed by atoms with Crippen LogP contribution in [0.1, 0.15) is 28.6 Å². The molecule has 1 spiro atoms. The molecule has 4 nitrogen and oxygen atoms in total. The minimum Gasteiger partial charge on any atom is -0.373 e. The third-order valence-electron chi connectivity index (χ3n) is 4.61. The minimum absolute atomic E-state index is 0.0132. The molecule has 0 aromatic heterocycles. The molecule has 0 bridgehead atoms. The van der Waals surface area contributed by atoms with Crippen molar-refractivity contribution < 1.29 is 20.4 Å². The highest BCUT2D eigenvalue weighted by molar-refractivity contribution is 5.95. The Morgan fingerprint density at radius 3 is 2.90 bits per heavy atom. The van der Waals surface area contributed by atoms with Crippen LogP contribution in [0.5, 0.6) is 0 Å². The standard InChI is InChI=1S/C16H22O4/c1-10(2)5-6-12-15(3,20-12)14-13(18-4)11(17)7-8-16(14)9-19-16/h5,7-8,12-14H,6,9H2,1-4H3/t12-,13-,14-,15?,16+/m1/s1/i7D. The molecule has 2 fully saturated rings. The second-order valence-electron chi connectivity index (χ2n) is 6.34. The SMILES string of the molecule is [2H]C1=C[C@]2(CO2)[C@@H](C2(C)O[C@@H]2CC=C(C)C)[C@H](OC)C1=O. The summed E-state index contributed by atoms with van der Waals surface area (Å²) in [6.07, 6.45) is 4.03. The monoisotopic (exact) mass is 279 g/mol. The first-order valence-electron chi connectivity index (χ1n) is 7.55. The molecule has 2 saturated heterocycles. The predicted molar refractivity (Wildman–Crippen MR) is 74.4 cm³/mol. The van der Waals surface area contributed by atoms with Crippen molar-refractivity contribution in [3.05, 3.63) is 23.8 Å². The Kier molecular flexibility index (Phi) is 2.88. The molecule has 0 saturated carbocycles. The van der Waals surface area contributed by atoms with E-state index in [9.17, 15) is 4.79 Å². The van der Waals surface area contributed by atoms with Crippen LogP contribution in [0.25, 0.3) is 0 Å². The van der Waals surface area contributed by atoms with Gasteiger partial charge in [-0.2, -0.15) is 0 Å². The Morgan fingerprint density at radius 1 is 1.65 bits per heavy atom. The number of rotatable bonds is 4. The van der Waals surface area contributed by atoms with Gasteiger partial charge in [-0.15, -0.1) is 0 Å². The van der Waals surface area contributed by atoms with E-state index in [-0.39, 0.29) is 23.9 Å². The molecular weight excluding hydrogens is 256 g/mol. The maximum absolute atomic E-state index is 12.2. The third-order valence-corrected chi connectivity index (χ3v) is 4.61. The molecule has 0 amide bonds. The van der Waals surface area contributed by atoms with Gasteiger partial charge in [-0.1, -0.05) is 11.6 Å². The van der Waals surface area contributed by atoms with Crippen molar-refractivity contribution in [3.8, 4) is 0 Å². The molecule has 3 rings (SSSR count). The number of ether oxygens (including phenoxy) is 3. The third kappa shape index (κ3) is 2.07. The zero-order valence-electron chi connectivity index (χ0n) is 13.4. The topological polar surface area (TPSA) is 51.4 Å². The van der Waals surface area contributed by atoms with Gasteiger partial charge in [0, 0.05) is 7.11 Å². The number of carbonyl (C=O) groups is 1. The summed E-state index contributed by atoms with van der Waals surface area (Å²) in [7, 11) is 1.51. The summed E-state index contributed by atoms with van der Waals surface area (Å²) in [6.45, 7) is 6.67. The Hall–Kier alpha value is -0.970. The molecule has 0 aromatic rings. The van der Waals surface area contributed by atoms with E-state index in [1.807, 2.05) is 6.92 Å². The molecule has 110 valence electrons. The van der Waals surface area contributed by atoms with Crippen LogP contribution in [0.2, 0.25) is 0 Å². The molecule has 20 heavy (non-hydrogen) atoms. The van der Waals surface area contributed by atoms with Crippen LogP contribution >= 0.6 is 0 Å². The maximum Gasteiger partial charge on any atom is 0.184 e. The van der Waals surface area contributed by atoms with Gasteiger partial charge in [0.05, 0.1) is 20.0 Å². The second kappa shape index (κ2) is 4.52. The van der Waals surface area contributed by atoms with Gasteiger partial charge < -0.3 is 14.2 Å². The van der Waals surface area contributed by atoms with Crippen molar-refractivity contribution in [2.45, 2.75) is 50.6 Å². The largest absolute Gasteiger partial charge is 0.373 e. The number of hydrogen-bond donors (Lipinski definition) is 0.